The summed E-state index contributed by atoms with van der Waals surface area (Å²) in [6.45, 7) is 3.99. The molecule has 0 unspecified atom stereocenters. The van der Waals surface area contributed by atoms with E-state index < -0.39 is 11.5 Å². The summed E-state index contributed by atoms with van der Waals surface area (Å²) in [7, 11) is 0. The summed E-state index contributed by atoms with van der Waals surface area (Å²) < 4.78 is 6.33. The van der Waals surface area contributed by atoms with Crippen molar-refractivity contribution in [2.75, 3.05) is 0 Å². The molecular weight excluding hydrogens is 250 g/mol. The number of hydrogen-bond donors (Lipinski definition) is 1. The van der Waals surface area contributed by atoms with Gasteiger partial charge in [0, 0.05) is 18.2 Å². The number of pyridine rings is 1. The molecular formula is C12H13N3O4. The van der Waals surface area contributed by atoms with E-state index in [0.717, 1.165) is 6.07 Å². The van der Waals surface area contributed by atoms with Crippen LogP contribution in [0.25, 0.3) is 0 Å². The van der Waals surface area contributed by atoms with Crippen LogP contribution >= 0.6 is 0 Å². The molecule has 0 aliphatic heterocycles. The number of carboxylic acids is 1. The zero-order chi connectivity index (χ0) is 14.0. The quantitative estimate of drug-likeness (QED) is 0.886. The molecule has 0 bridgehead atoms. The van der Waals surface area contributed by atoms with Crippen LogP contribution in [0.5, 0.6) is 0 Å². The maximum atomic E-state index is 11.7. The third kappa shape index (κ3) is 2.87. The van der Waals surface area contributed by atoms with Crippen molar-refractivity contribution in [1.29, 1.82) is 0 Å². The number of rotatable bonds is 4. The first kappa shape index (κ1) is 13.0. The SMILES string of the molecule is CC(C)c1noc(Cn2ccc(C(=O)O)cc2=O)n1. The third-order valence-electron chi connectivity index (χ3n) is 2.55. The molecule has 0 spiro atoms. The molecule has 0 atom stereocenters. The molecule has 0 aliphatic rings. The van der Waals surface area contributed by atoms with Gasteiger partial charge in [0.1, 0.15) is 6.54 Å². The first-order valence-corrected chi connectivity index (χ1v) is 5.73. The van der Waals surface area contributed by atoms with Crippen molar-refractivity contribution >= 4 is 5.97 Å². The Labute approximate surface area is 108 Å². The predicted octanol–water partition coefficient (Wildman–Crippen LogP) is 1.10. The minimum Gasteiger partial charge on any atom is -0.478 e. The van der Waals surface area contributed by atoms with E-state index in [1.165, 1.54) is 16.8 Å². The van der Waals surface area contributed by atoms with Crippen molar-refractivity contribution < 1.29 is 14.4 Å². The van der Waals surface area contributed by atoms with Crippen molar-refractivity contribution in [2.45, 2.75) is 26.3 Å². The van der Waals surface area contributed by atoms with Gasteiger partial charge in [-0.3, -0.25) is 4.79 Å². The first-order valence-electron chi connectivity index (χ1n) is 5.73. The van der Waals surface area contributed by atoms with Gasteiger partial charge in [0.2, 0.25) is 5.89 Å². The molecule has 19 heavy (non-hydrogen) atoms. The highest BCUT2D eigenvalue weighted by molar-refractivity contribution is 5.87. The van der Waals surface area contributed by atoms with Gasteiger partial charge in [0.05, 0.1) is 5.56 Å². The second-order valence-electron chi connectivity index (χ2n) is 4.39. The molecule has 7 nitrogen and oxygen atoms in total. The van der Waals surface area contributed by atoms with Gasteiger partial charge in [-0.15, -0.1) is 0 Å². The van der Waals surface area contributed by atoms with Crippen LogP contribution in [0.1, 0.15) is 41.8 Å². The van der Waals surface area contributed by atoms with Gasteiger partial charge in [0.25, 0.3) is 5.56 Å². The summed E-state index contributed by atoms with van der Waals surface area (Å²) in [5.41, 5.74) is -0.473. The van der Waals surface area contributed by atoms with E-state index in [1.807, 2.05) is 13.8 Å². The highest BCUT2D eigenvalue weighted by Gasteiger charge is 2.11. The van der Waals surface area contributed by atoms with E-state index >= 15 is 0 Å². The normalized spacial score (nSPS) is 10.9. The lowest BCUT2D eigenvalue weighted by atomic mass is 10.2. The minimum absolute atomic E-state index is 0.0466. The van der Waals surface area contributed by atoms with Gasteiger partial charge in [-0.1, -0.05) is 19.0 Å². The Morgan fingerprint density at radius 3 is 2.79 bits per heavy atom. The highest BCUT2D eigenvalue weighted by Crippen LogP contribution is 2.10. The second-order valence-corrected chi connectivity index (χ2v) is 4.39. The predicted molar refractivity (Wildman–Crippen MR) is 65.2 cm³/mol. The minimum atomic E-state index is -1.14. The lowest BCUT2D eigenvalue weighted by Gasteiger charge is -2.01. The van der Waals surface area contributed by atoms with Crippen LogP contribution in [0.2, 0.25) is 0 Å². The van der Waals surface area contributed by atoms with Gasteiger partial charge in [-0.25, -0.2) is 4.79 Å². The number of carboxylic acid groups (broad SMARTS) is 1. The van der Waals surface area contributed by atoms with Crippen molar-refractivity contribution in [3.05, 3.63) is 46.0 Å². The molecule has 1 N–H and O–H groups in total. The topological polar surface area (TPSA) is 98.2 Å². The number of aromatic carboxylic acids is 1. The number of carbonyl (C=O) groups is 1. The van der Waals surface area contributed by atoms with Gasteiger partial charge in [-0.05, 0) is 6.07 Å². The molecule has 0 saturated carbocycles. The van der Waals surface area contributed by atoms with Crippen LogP contribution in [0.4, 0.5) is 0 Å². The highest BCUT2D eigenvalue weighted by atomic mass is 16.5. The zero-order valence-electron chi connectivity index (χ0n) is 10.5. The molecule has 0 amide bonds. The Kier molecular flexibility index (Phi) is 3.46. The van der Waals surface area contributed by atoms with Crippen molar-refractivity contribution in [2.24, 2.45) is 0 Å². The molecule has 0 aromatic carbocycles. The molecule has 7 heteroatoms. The monoisotopic (exact) mass is 263 g/mol. The third-order valence-corrected chi connectivity index (χ3v) is 2.55. The summed E-state index contributed by atoms with van der Waals surface area (Å²) in [4.78, 5) is 26.6. The van der Waals surface area contributed by atoms with Crippen LogP contribution in [-0.2, 0) is 6.54 Å². The van der Waals surface area contributed by atoms with Crippen LogP contribution in [0, 0.1) is 0 Å². The Hall–Kier alpha value is -2.44. The van der Waals surface area contributed by atoms with Gasteiger partial charge in [-0.2, -0.15) is 4.98 Å². The smallest absolute Gasteiger partial charge is 0.335 e. The van der Waals surface area contributed by atoms with Crippen LogP contribution in [0.3, 0.4) is 0 Å². The number of aromatic nitrogens is 3. The van der Waals surface area contributed by atoms with E-state index in [-0.39, 0.29) is 18.0 Å². The van der Waals surface area contributed by atoms with E-state index in [9.17, 15) is 9.59 Å². The van der Waals surface area contributed by atoms with E-state index in [1.54, 1.807) is 0 Å². The van der Waals surface area contributed by atoms with Crippen LogP contribution in [-0.4, -0.2) is 25.8 Å². The summed E-state index contributed by atoms with van der Waals surface area (Å²) in [6.07, 6.45) is 1.39. The Balaban J connectivity index is 2.23. The maximum absolute atomic E-state index is 11.7. The number of hydrogen-bond acceptors (Lipinski definition) is 5. The summed E-state index contributed by atoms with van der Waals surface area (Å²) in [5, 5.41) is 12.6. The Morgan fingerprint density at radius 2 is 2.26 bits per heavy atom. The molecule has 0 fully saturated rings. The van der Waals surface area contributed by atoms with Gasteiger partial charge < -0.3 is 14.2 Å². The fraction of sp³-hybridized carbons (Fsp3) is 0.333. The Bertz CT molecular complexity index is 657. The van der Waals surface area contributed by atoms with Gasteiger partial charge >= 0.3 is 5.97 Å². The van der Waals surface area contributed by atoms with E-state index in [4.69, 9.17) is 9.63 Å². The van der Waals surface area contributed by atoms with Crippen molar-refractivity contribution in [3.8, 4) is 0 Å². The van der Waals surface area contributed by atoms with Gasteiger partial charge in [0.15, 0.2) is 5.82 Å². The molecule has 100 valence electrons. The van der Waals surface area contributed by atoms with Crippen molar-refractivity contribution in [1.82, 2.24) is 14.7 Å². The van der Waals surface area contributed by atoms with Crippen molar-refractivity contribution in [3.63, 3.8) is 0 Å². The molecule has 2 heterocycles. The molecule has 0 aliphatic carbocycles. The fourth-order valence-corrected chi connectivity index (χ4v) is 1.48. The average molecular weight is 263 g/mol. The standard InChI is InChI=1S/C12H13N3O4/c1-7(2)11-13-9(19-14-11)6-15-4-3-8(12(17)18)5-10(15)16/h3-5,7H,6H2,1-2H3,(H,17,18). The molecule has 2 rings (SSSR count). The largest absolute Gasteiger partial charge is 0.478 e. The Morgan fingerprint density at radius 1 is 1.53 bits per heavy atom. The molecule has 2 aromatic heterocycles. The fourth-order valence-electron chi connectivity index (χ4n) is 1.48. The molecule has 2 aromatic rings. The first-order chi connectivity index (χ1) is 8.97. The number of nitrogens with zero attached hydrogens (tertiary/aromatic N) is 3. The van der Waals surface area contributed by atoms with E-state index in [2.05, 4.69) is 10.1 Å². The molecule has 0 radical (unpaired) electrons. The lowest BCUT2D eigenvalue weighted by Crippen LogP contribution is -2.21. The second kappa shape index (κ2) is 5.05. The molecule has 0 saturated heterocycles. The summed E-state index contributed by atoms with van der Waals surface area (Å²) >= 11 is 0. The van der Waals surface area contributed by atoms with Crippen LogP contribution in [0.15, 0.2) is 27.6 Å². The van der Waals surface area contributed by atoms with Crippen LogP contribution < -0.4 is 5.56 Å². The lowest BCUT2D eigenvalue weighted by molar-refractivity contribution is 0.0696. The zero-order valence-corrected chi connectivity index (χ0v) is 10.5. The average Bonchev–Trinajstić information content (AvgIpc) is 2.80. The summed E-state index contributed by atoms with van der Waals surface area (Å²) in [6, 6.07) is 2.41. The maximum Gasteiger partial charge on any atom is 0.335 e. The van der Waals surface area contributed by atoms with E-state index in [0.29, 0.717) is 11.7 Å². The summed E-state index contributed by atoms with van der Waals surface area (Å²) in [5.74, 6) is -0.105.